The topological polar surface area (TPSA) is 80.7 Å². The molecular weight excluding hydrogens is 358 g/mol. The van der Waals surface area contributed by atoms with Crippen molar-refractivity contribution in [1.82, 2.24) is 0 Å². The summed E-state index contributed by atoms with van der Waals surface area (Å²) in [7, 11) is 0. The van der Waals surface area contributed by atoms with E-state index >= 15 is 0 Å². The van der Waals surface area contributed by atoms with Gasteiger partial charge in [-0.1, -0.05) is 50.6 Å². The van der Waals surface area contributed by atoms with Crippen LogP contribution in [-0.4, -0.2) is 40.6 Å². The number of carboxylic acid groups (broad SMARTS) is 1. The molecule has 0 amide bonds. The molecule has 1 aromatic rings. The summed E-state index contributed by atoms with van der Waals surface area (Å²) >= 11 is 0. The van der Waals surface area contributed by atoms with E-state index in [-0.39, 0.29) is 11.7 Å². The summed E-state index contributed by atoms with van der Waals surface area (Å²) in [5, 5.41) is 8.95. The predicted octanol–water partition coefficient (Wildman–Crippen LogP) is 4.14. The molecule has 2 aliphatic heterocycles. The molecule has 1 fully saturated rings. The van der Waals surface area contributed by atoms with E-state index < -0.39 is 17.5 Å². The molecule has 1 saturated heterocycles. The fraction of sp³-hybridized carbons (Fsp3) is 0.409. The summed E-state index contributed by atoms with van der Waals surface area (Å²) in [6.45, 7) is 6.97. The minimum absolute atomic E-state index is 0.0639. The van der Waals surface area contributed by atoms with Crippen LogP contribution in [0.3, 0.4) is 0 Å². The Morgan fingerprint density at radius 3 is 2.50 bits per heavy atom. The molecule has 0 spiro atoms. The van der Waals surface area contributed by atoms with Crippen LogP contribution in [-0.2, 0) is 9.53 Å². The summed E-state index contributed by atoms with van der Waals surface area (Å²) in [4.78, 5) is 37.0. The van der Waals surface area contributed by atoms with Crippen molar-refractivity contribution in [2.45, 2.75) is 33.6 Å². The van der Waals surface area contributed by atoms with E-state index in [1.807, 2.05) is 31.2 Å². The number of rotatable bonds is 6. The number of allylic oxidation sites excluding steroid dienone is 3. The third kappa shape index (κ3) is 2.98. The Hall–Kier alpha value is -2.73. The lowest BCUT2D eigenvalue weighted by Crippen LogP contribution is -2.46. The number of benzene rings is 1. The van der Waals surface area contributed by atoms with E-state index in [9.17, 15) is 14.4 Å². The average molecular weight is 384 g/mol. The lowest BCUT2D eigenvalue weighted by atomic mass is 9.78. The van der Waals surface area contributed by atoms with Crippen LogP contribution in [0.4, 0.5) is 4.79 Å². The van der Waals surface area contributed by atoms with Gasteiger partial charge in [0.05, 0.1) is 13.1 Å². The smallest absolute Gasteiger partial charge is 0.449 e. The lowest BCUT2D eigenvalue weighted by Gasteiger charge is -2.35. The first-order valence-corrected chi connectivity index (χ1v) is 9.63. The molecule has 0 aliphatic carbocycles. The molecule has 148 valence electrons. The minimum Gasteiger partial charge on any atom is -0.449 e. The summed E-state index contributed by atoms with van der Waals surface area (Å²) in [5.74, 6) is -1.02. The number of unbranched alkanes of at least 4 members (excludes halogenated alkanes) is 1. The largest absolute Gasteiger partial charge is 0.513 e. The third-order valence-electron chi connectivity index (χ3n) is 6.19. The van der Waals surface area contributed by atoms with Crippen LogP contribution >= 0.6 is 0 Å². The van der Waals surface area contributed by atoms with E-state index in [2.05, 4.69) is 11.7 Å². The van der Waals surface area contributed by atoms with Crippen molar-refractivity contribution in [3.05, 3.63) is 59.4 Å². The predicted molar refractivity (Wildman–Crippen MR) is 103 cm³/mol. The SMILES string of the molecule is CCCC[N+]12CC(C)C(C)(C(=O)OC(=O)O)C1=CC=C2C(=O)c1ccccc1. The summed E-state index contributed by atoms with van der Waals surface area (Å²) in [6, 6.07) is 9.09. The zero-order valence-electron chi connectivity index (χ0n) is 16.5. The molecule has 3 unspecified atom stereocenters. The lowest BCUT2D eigenvalue weighted by molar-refractivity contribution is -0.841. The standard InChI is InChI=1S/C22H25NO5/c1-4-5-13-23-14-15(2)22(3,20(25)28-21(26)27)18(23)12-11-17(23)19(24)16-9-7-6-8-10-16/h6-12,15H,4-5,13-14H2,1-3H3/p+1. The first kappa shape index (κ1) is 20.0. The number of Topliss-reactive ketones (excluding diaryl/α,β-unsaturated/α-hetero) is 1. The second-order valence-corrected chi connectivity index (χ2v) is 7.79. The molecular formula is C22H26NO5+. The van der Waals surface area contributed by atoms with Crippen LogP contribution in [0.2, 0.25) is 0 Å². The highest BCUT2D eigenvalue weighted by Crippen LogP contribution is 2.55. The molecule has 0 bridgehead atoms. The second kappa shape index (κ2) is 7.36. The van der Waals surface area contributed by atoms with E-state index in [0.29, 0.717) is 28.8 Å². The highest BCUT2D eigenvalue weighted by molar-refractivity contribution is 6.08. The summed E-state index contributed by atoms with van der Waals surface area (Å²) in [6.07, 6.45) is 3.83. The second-order valence-electron chi connectivity index (χ2n) is 7.79. The number of carbonyl (C=O) groups excluding carboxylic acids is 2. The molecule has 6 nitrogen and oxygen atoms in total. The number of fused-ring (bicyclic) bond motifs is 1. The van der Waals surface area contributed by atoms with E-state index in [0.717, 1.165) is 18.5 Å². The Kier molecular flexibility index (Phi) is 5.26. The normalized spacial score (nSPS) is 28.3. The van der Waals surface area contributed by atoms with Gasteiger partial charge >= 0.3 is 12.1 Å². The van der Waals surface area contributed by atoms with Crippen LogP contribution in [0.25, 0.3) is 0 Å². The Labute approximate surface area is 164 Å². The third-order valence-corrected chi connectivity index (χ3v) is 6.19. The Bertz CT molecular complexity index is 872. The Balaban J connectivity index is 2.04. The van der Waals surface area contributed by atoms with Gasteiger partial charge < -0.3 is 9.84 Å². The molecule has 3 rings (SSSR count). The summed E-state index contributed by atoms with van der Waals surface area (Å²) in [5.41, 5.74) is 0.889. The maximum atomic E-state index is 13.3. The van der Waals surface area contributed by atoms with Gasteiger partial charge in [-0.15, -0.1) is 0 Å². The van der Waals surface area contributed by atoms with Crippen LogP contribution in [0.1, 0.15) is 44.0 Å². The molecule has 3 atom stereocenters. The average Bonchev–Trinajstić information content (AvgIpc) is 3.13. The number of carbonyl (C=O) groups is 3. The molecule has 28 heavy (non-hydrogen) atoms. The Morgan fingerprint density at radius 2 is 1.89 bits per heavy atom. The fourth-order valence-corrected chi connectivity index (χ4v) is 4.55. The van der Waals surface area contributed by atoms with Crippen LogP contribution in [0.15, 0.2) is 53.9 Å². The molecule has 1 aromatic carbocycles. The molecule has 2 aliphatic rings. The van der Waals surface area contributed by atoms with Gasteiger partial charge in [0, 0.05) is 23.6 Å². The van der Waals surface area contributed by atoms with E-state index in [4.69, 9.17) is 5.11 Å². The van der Waals surface area contributed by atoms with Crippen LogP contribution in [0.5, 0.6) is 0 Å². The quantitative estimate of drug-likeness (QED) is 0.345. The number of nitrogens with zero attached hydrogens (tertiary/aromatic N) is 1. The molecule has 2 heterocycles. The number of hydrogen-bond donors (Lipinski definition) is 1. The zero-order chi connectivity index (χ0) is 20.5. The number of hydrogen-bond acceptors (Lipinski definition) is 4. The van der Waals surface area contributed by atoms with Gasteiger partial charge in [-0.25, -0.2) is 4.79 Å². The highest BCUT2D eigenvalue weighted by atomic mass is 16.7. The van der Waals surface area contributed by atoms with Crippen molar-refractivity contribution in [2.75, 3.05) is 13.1 Å². The molecule has 1 N–H and O–H groups in total. The van der Waals surface area contributed by atoms with Crippen molar-refractivity contribution in [1.29, 1.82) is 0 Å². The van der Waals surface area contributed by atoms with Crippen molar-refractivity contribution in [2.24, 2.45) is 11.3 Å². The van der Waals surface area contributed by atoms with Crippen molar-refractivity contribution >= 4 is 17.9 Å². The molecule has 6 heteroatoms. The number of ether oxygens (including phenoxy) is 1. The number of quaternary nitrogens is 1. The maximum absolute atomic E-state index is 13.3. The fourth-order valence-electron chi connectivity index (χ4n) is 4.55. The van der Waals surface area contributed by atoms with Crippen LogP contribution in [0, 0.1) is 11.3 Å². The van der Waals surface area contributed by atoms with Crippen molar-refractivity contribution < 1.29 is 28.7 Å². The maximum Gasteiger partial charge on any atom is 0.513 e. The Morgan fingerprint density at radius 1 is 1.21 bits per heavy atom. The van der Waals surface area contributed by atoms with Gasteiger partial charge in [-0.2, -0.15) is 0 Å². The van der Waals surface area contributed by atoms with Gasteiger partial charge in [0.25, 0.3) is 0 Å². The van der Waals surface area contributed by atoms with E-state index in [1.165, 1.54) is 0 Å². The van der Waals surface area contributed by atoms with Gasteiger partial charge in [-0.05, 0) is 13.3 Å². The van der Waals surface area contributed by atoms with Gasteiger partial charge in [0.1, 0.15) is 11.1 Å². The first-order chi connectivity index (χ1) is 13.3. The van der Waals surface area contributed by atoms with Gasteiger partial charge in [0.2, 0.25) is 5.78 Å². The highest BCUT2D eigenvalue weighted by Gasteiger charge is 2.65. The molecule has 0 radical (unpaired) electrons. The number of esters is 1. The molecule has 0 saturated carbocycles. The first-order valence-electron chi connectivity index (χ1n) is 9.63. The van der Waals surface area contributed by atoms with Gasteiger partial charge in [-0.3, -0.25) is 14.1 Å². The molecule has 0 aromatic heterocycles. The van der Waals surface area contributed by atoms with Gasteiger partial charge in [0.15, 0.2) is 5.70 Å². The van der Waals surface area contributed by atoms with Crippen LogP contribution < -0.4 is 0 Å². The zero-order valence-corrected chi connectivity index (χ0v) is 16.5. The van der Waals surface area contributed by atoms with Crippen molar-refractivity contribution in [3.8, 4) is 0 Å². The van der Waals surface area contributed by atoms with Crippen molar-refractivity contribution in [3.63, 3.8) is 0 Å². The minimum atomic E-state index is -1.61. The summed E-state index contributed by atoms with van der Waals surface area (Å²) < 4.78 is 4.86. The van der Waals surface area contributed by atoms with E-state index in [1.54, 1.807) is 25.1 Å². The monoisotopic (exact) mass is 384 g/mol. The number of ketones is 1.